The van der Waals surface area contributed by atoms with Gasteiger partial charge in [-0.25, -0.2) is 4.98 Å². The van der Waals surface area contributed by atoms with Crippen LogP contribution in [0.15, 0.2) is 12.5 Å². The zero-order valence-corrected chi connectivity index (χ0v) is 7.99. The van der Waals surface area contributed by atoms with E-state index in [9.17, 15) is 0 Å². The first kappa shape index (κ1) is 8.31. The van der Waals surface area contributed by atoms with Crippen LogP contribution in [0, 0.1) is 11.3 Å². The highest BCUT2D eigenvalue weighted by Crippen LogP contribution is 2.42. The van der Waals surface area contributed by atoms with Crippen molar-refractivity contribution in [3.05, 3.63) is 18.2 Å². The van der Waals surface area contributed by atoms with E-state index in [1.807, 2.05) is 10.8 Å². The number of nitriles is 1. The fourth-order valence-corrected chi connectivity index (χ4v) is 1.42. The standard InChI is InChI=1S/C10H13N3/c1-8(2)9-5-13(7-12-9)10(6-11)3-4-10/h5,7-8H,3-4H2,1-2H3. The van der Waals surface area contributed by atoms with Crippen LogP contribution in [0.1, 0.15) is 38.3 Å². The normalized spacial score (nSPS) is 18.6. The van der Waals surface area contributed by atoms with Crippen LogP contribution in [0.2, 0.25) is 0 Å². The minimum absolute atomic E-state index is 0.250. The van der Waals surface area contributed by atoms with Gasteiger partial charge in [-0.3, -0.25) is 0 Å². The molecular weight excluding hydrogens is 162 g/mol. The van der Waals surface area contributed by atoms with Crippen molar-refractivity contribution in [1.29, 1.82) is 5.26 Å². The summed E-state index contributed by atoms with van der Waals surface area (Å²) in [5, 5.41) is 8.96. The molecule has 0 N–H and O–H groups in total. The maximum Gasteiger partial charge on any atom is 0.132 e. The van der Waals surface area contributed by atoms with Crippen molar-refractivity contribution in [3.8, 4) is 6.07 Å². The lowest BCUT2D eigenvalue weighted by atomic mass is 10.1. The van der Waals surface area contributed by atoms with Crippen LogP contribution in [0.4, 0.5) is 0 Å². The van der Waals surface area contributed by atoms with Gasteiger partial charge in [0, 0.05) is 6.20 Å². The maximum atomic E-state index is 8.96. The smallest absolute Gasteiger partial charge is 0.132 e. The highest BCUT2D eigenvalue weighted by molar-refractivity contribution is 5.19. The average Bonchev–Trinajstić information content (AvgIpc) is 2.75. The van der Waals surface area contributed by atoms with Gasteiger partial charge in [-0.1, -0.05) is 13.8 Å². The summed E-state index contributed by atoms with van der Waals surface area (Å²) in [6.07, 6.45) is 5.72. The number of rotatable bonds is 2. The molecule has 1 aromatic heterocycles. The minimum atomic E-state index is -0.250. The largest absolute Gasteiger partial charge is 0.318 e. The molecule has 2 rings (SSSR count). The van der Waals surface area contributed by atoms with Crippen LogP contribution < -0.4 is 0 Å². The third-order valence-electron chi connectivity index (χ3n) is 2.62. The first-order chi connectivity index (χ1) is 6.18. The van der Waals surface area contributed by atoms with Gasteiger partial charge in [-0.15, -0.1) is 0 Å². The van der Waals surface area contributed by atoms with Gasteiger partial charge in [-0.2, -0.15) is 5.26 Å². The zero-order chi connectivity index (χ0) is 9.47. The lowest BCUT2D eigenvalue weighted by Gasteiger charge is -2.05. The summed E-state index contributed by atoms with van der Waals surface area (Å²) in [4.78, 5) is 4.28. The molecule has 1 aromatic rings. The monoisotopic (exact) mass is 175 g/mol. The van der Waals surface area contributed by atoms with Crippen molar-refractivity contribution in [2.75, 3.05) is 0 Å². The summed E-state index contributed by atoms with van der Waals surface area (Å²) in [6.45, 7) is 4.22. The SMILES string of the molecule is CC(C)c1cn(C2(C#N)CC2)cn1. The van der Waals surface area contributed by atoms with E-state index in [0.717, 1.165) is 18.5 Å². The van der Waals surface area contributed by atoms with Crippen molar-refractivity contribution >= 4 is 0 Å². The average molecular weight is 175 g/mol. The molecule has 0 saturated heterocycles. The number of nitrogens with zero attached hydrogens (tertiary/aromatic N) is 3. The molecule has 3 heteroatoms. The summed E-state index contributed by atoms with van der Waals surface area (Å²) in [7, 11) is 0. The summed E-state index contributed by atoms with van der Waals surface area (Å²) >= 11 is 0. The first-order valence-corrected chi connectivity index (χ1v) is 4.63. The van der Waals surface area contributed by atoms with E-state index in [1.165, 1.54) is 0 Å². The molecule has 1 aliphatic carbocycles. The second kappa shape index (κ2) is 2.59. The van der Waals surface area contributed by atoms with Crippen LogP contribution >= 0.6 is 0 Å². The summed E-state index contributed by atoms with van der Waals surface area (Å²) in [6, 6.07) is 2.34. The molecule has 0 bridgehead atoms. The highest BCUT2D eigenvalue weighted by atomic mass is 15.1. The van der Waals surface area contributed by atoms with Crippen molar-refractivity contribution in [2.24, 2.45) is 0 Å². The topological polar surface area (TPSA) is 41.6 Å². The van der Waals surface area contributed by atoms with Gasteiger partial charge in [0.05, 0.1) is 18.1 Å². The molecule has 0 aromatic carbocycles. The van der Waals surface area contributed by atoms with Gasteiger partial charge in [0.2, 0.25) is 0 Å². The number of imidazole rings is 1. The lowest BCUT2D eigenvalue weighted by molar-refractivity contribution is 0.607. The summed E-state index contributed by atoms with van der Waals surface area (Å²) in [5.74, 6) is 0.441. The van der Waals surface area contributed by atoms with E-state index in [-0.39, 0.29) is 5.54 Å². The Morgan fingerprint density at radius 3 is 2.69 bits per heavy atom. The number of hydrogen-bond donors (Lipinski definition) is 0. The molecule has 0 spiro atoms. The molecule has 0 aliphatic heterocycles. The molecule has 1 fully saturated rings. The molecule has 3 nitrogen and oxygen atoms in total. The predicted molar refractivity (Wildman–Crippen MR) is 49.1 cm³/mol. The maximum absolute atomic E-state index is 8.96. The van der Waals surface area contributed by atoms with E-state index in [4.69, 9.17) is 5.26 Å². The summed E-state index contributed by atoms with van der Waals surface area (Å²) in [5.41, 5.74) is 0.821. The van der Waals surface area contributed by atoms with E-state index < -0.39 is 0 Å². The Balaban J connectivity index is 2.29. The fraction of sp³-hybridized carbons (Fsp3) is 0.600. The minimum Gasteiger partial charge on any atom is -0.318 e. The van der Waals surface area contributed by atoms with E-state index in [0.29, 0.717) is 5.92 Å². The Morgan fingerprint density at radius 1 is 1.62 bits per heavy atom. The zero-order valence-electron chi connectivity index (χ0n) is 7.99. The van der Waals surface area contributed by atoms with Crippen molar-refractivity contribution in [1.82, 2.24) is 9.55 Å². The van der Waals surface area contributed by atoms with Gasteiger partial charge >= 0.3 is 0 Å². The second-order valence-electron chi connectivity index (χ2n) is 4.00. The van der Waals surface area contributed by atoms with Gasteiger partial charge < -0.3 is 4.57 Å². The molecule has 0 amide bonds. The van der Waals surface area contributed by atoms with Gasteiger partial charge in [0.1, 0.15) is 5.54 Å². The number of aromatic nitrogens is 2. The van der Waals surface area contributed by atoms with Gasteiger partial charge in [0.15, 0.2) is 0 Å². The third kappa shape index (κ3) is 1.23. The van der Waals surface area contributed by atoms with Crippen LogP contribution in [-0.4, -0.2) is 9.55 Å². The van der Waals surface area contributed by atoms with Crippen LogP contribution in [0.5, 0.6) is 0 Å². The van der Waals surface area contributed by atoms with Crippen molar-refractivity contribution < 1.29 is 0 Å². The predicted octanol–water partition coefficient (Wildman–Crippen LogP) is 2.02. The van der Waals surface area contributed by atoms with E-state index in [2.05, 4.69) is 24.9 Å². The Labute approximate surface area is 78.0 Å². The molecular formula is C10H13N3. The Kier molecular flexibility index (Phi) is 1.66. The van der Waals surface area contributed by atoms with Gasteiger partial charge in [-0.05, 0) is 18.8 Å². The van der Waals surface area contributed by atoms with E-state index in [1.54, 1.807) is 6.33 Å². The molecule has 0 atom stereocenters. The van der Waals surface area contributed by atoms with Gasteiger partial charge in [0.25, 0.3) is 0 Å². The van der Waals surface area contributed by atoms with Crippen molar-refractivity contribution in [2.45, 2.75) is 38.1 Å². The van der Waals surface area contributed by atoms with Crippen LogP contribution in [-0.2, 0) is 5.54 Å². The molecule has 1 aliphatic rings. The molecule has 0 radical (unpaired) electrons. The Morgan fingerprint density at radius 2 is 2.31 bits per heavy atom. The number of hydrogen-bond acceptors (Lipinski definition) is 2. The molecule has 0 unspecified atom stereocenters. The Hall–Kier alpha value is -1.30. The lowest BCUT2D eigenvalue weighted by Crippen LogP contribution is -2.11. The quantitative estimate of drug-likeness (QED) is 0.690. The Bertz CT molecular complexity index is 352. The first-order valence-electron chi connectivity index (χ1n) is 4.63. The highest BCUT2D eigenvalue weighted by Gasteiger charge is 2.45. The fourth-order valence-electron chi connectivity index (χ4n) is 1.42. The molecule has 1 heterocycles. The van der Waals surface area contributed by atoms with Crippen molar-refractivity contribution in [3.63, 3.8) is 0 Å². The second-order valence-corrected chi connectivity index (χ2v) is 4.00. The summed E-state index contributed by atoms with van der Waals surface area (Å²) < 4.78 is 1.96. The molecule has 1 saturated carbocycles. The third-order valence-corrected chi connectivity index (χ3v) is 2.62. The molecule has 13 heavy (non-hydrogen) atoms. The van der Waals surface area contributed by atoms with Crippen LogP contribution in [0.25, 0.3) is 0 Å². The van der Waals surface area contributed by atoms with Crippen LogP contribution in [0.3, 0.4) is 0 Å². The molecule has 68 valence electrons. The van der Waals surface area contributed by atoms with E-state index >= 15 is 0 Å².